The number of unbranched alkanes of at least 4 members (excludes halogenated alkanes) is 1. The van der Waals surface area contributed by atoms with Crippen LogP contribution < -0.4 is 15.6 Å². The van der Waals surface area contributed by atoms with Crippen molar-refractivity contribution in [3.8, 4) is 5.75 Å². The van der Waals surface area contributed by atoms with Crippen LogP contribution >= 0.6 is 0 Å². The molecule has 1 heterocycles. The number of aromatic nitrogens is 2. The Morgan fingerprint density at radius 3 is 2.38 bits per heavy atom. The van der Waals surface area contributed by atoms with Crippen molar-refractivity contribution in [2.45, 2.75) is 32.4 Å². The van der Waals surface area contributed by atoms with Gasteiger partial charge in [0.2, 0.25) is 0 Å². The molecule has 1 N–H and O–H groups in total. The summed E-state index contributed by atoms with van der Waals surface area (Å²) in [6.07, 6.45) is 1.77. The van der Waals surface area contributed by atoms with Gasteiger partial charge in [-0.05, 0) is 35.7 Å². The van der Waals surface area contributed by atoms with E-state index in [1.54, 1.807) is 7.11 Å². The summed E-state index contributed by atoms with van der Waals surface area (Å²) < 4.78 is 6.58. The number of carbonyl (C=O) groups is 1. The van der Waals surface area contributed by atoms with Crippen molar-refractivity contribution in [3.05, 3.63) is 93.9 Å². The Balaban J connectivity index is 1.89. The topological polar surface area (TPSA) is 73.2 Å². The lowest BCUT2D eigenvalue weighted by molar-refractivity contribution is 0.0935. The average Bonchev–Trinajstić information content (AvgIpc) is 2.77. The van der Waals surface area contributed by atoms with Gasteiger partial charge in [-0.1, -0.05) is 55.8 Å². The number of nitrogens with one attached hydrogen (secondary N) is 1. The SMILES string of the molecule is CCCCn1nc(C(=O)NC(c2ccccc2)c2ccc(OC)cc2)ccc1=O. The summed E-state index contributed by atoms with van der Waals surface area (Å²) in [4.78, 5) is 24.9. The van der Waals surface area contributed by atoms with E-state index in [1.807, 2.05) is 61.5 Å². The molecule has 6 heteroatoms. The largest absolute Gasteiger partial charge is 0.497 e. The van der Waals surface area contributed by atoms with E-state index in [4.69, 9.17) is 4.74 Å². The van der Waals surface area contributed by atoms with Gasteiger partial charge in [0, 0.05) is 12.6 Å². The van der Waals surface area contributed by atoms with Crippen LogP contribution in [0.3, 0.4) is 0 Å². The second kappa shape index (κ2) is 9.68. The van der Waals surface area contributed by atoms with Crippen molar-refractivity contribution < 1.29 is 9.53 Å². The highest BCUT2D eigenvalue weighted by atomic mass is 16.5. The molecule has 3 rings (SSSR count). The van der Waals surface area contributed by atoms with Crippen LogP contribution in [0.2, 0.25) is 0 Å². The summed E-state index contributed by atoms with van der Waals surface area (Å²) in [5.74, 6) is 0.413. The van der Waals surface area contributed by atoms with Crippen LogP contribution in [0.5, 0.6) is 5.75 Å². The van der Waals surface area contributed by atoms with E-state index < -0.39 is 0 Å². The van der Waals surface area contributed by atoms with Crippen molar-refractivity contribution in [1.29, 1.82) is 0 Å². The van der Waals surface area contributed by atoms with Crippen LogP contribution in [0, 0.1) is 0 Å². The maximum absolute atomic E-state index is 12.9. The minimum absolute atomic E-state index is 0.204. The lowest BCUT2D eigenvalue weighted by atomic mass is 9.98. The maximum Gasteiger partial charge on any atom is 0.272 e. The summed E-state index contributed by atoms with van der Waals surface area (Å²) >= 11 is 0. The van der Waals surface area contributed by atoms with Gasteiger partial charge in [0.25, 0.3) is 11.5 Å². The Labute approximate surface area is 170 Å². The Morgan fingerprint density at radius 2 is 1.72 bits per heavy atom. The number of benzene rings is 2. The molecule has 1 unspecified atom stereocenters. The summed E-state index contributed by atoms with van der Waals surface area (Å²) in [6.45, 7) is 2.54. The van der Waals surface area contributed by atoms with Gasteiger partial charge >= 0.3 is 0 Å². The molecule has 6 nitrogen and oxygen atoms in total. The molecule has 3 aromatic rings. The normalized spacial score (nSPS) is 11.7. The summed E-state index contributed by atoms with van der Waals surface area (Å²) in [7, 11) is 1.62. The Bertz CT molecular complexity index is 998. The quantitative estimate of drug-likeness (QED) is 0.637. The first kappa shape index (κ1) is 20.3. The van der Waals surface area contributed by atoms with E-state index in [0.717, 1.165) is 29.7 Å². The third-order valence-corrected chi connectivity index (χ3v) is 4.68. The third-order valence-electron chi connectivity index (χ3n) is 4.68. The number of rotatable bonds is 8. The van der Waals surface area contributed by atoms with Crippen molar-refractivity contribution in [3.63, 3.8) is 0 Å². The molecule has 150 valence electrons. The fourth-order valence-corrected chi connectivity index (χ4v) is 3.04. The molecule has 1 atom stereocenters. The molecule has 0 saturated heterocycles. The van der Waals surface area contributed by atoms with Crippen LogP contribution in [0.15, 0.2) is 71.5 Å². The number of methoxy groups -OCH3 is 1. The van der Waals surface area contributed by atoms with E-state index in [9.17, 15) is 9.59 Å². The first-order valence-electron chi connectivity index (χ1n) is 9.70. The molecule has 29 heavy (non-hydrogen) atoms. The number of nitrogens with zero attached hydrogens (tertiary/aromatic N) is 2. The minimum atomic E-state index is -0.354. The molecule has 2 aromatic carbocycles. The Kier molecular flexibility index (Phi) is 6.79. The fourth-order valence-electron chi connectivity index (χ4n) is 3.04. The Morgan fingerprint density at radius 1 is 1.03 bits per heavy atom. The van der Waals surface area contributed by atoms with Crippen molar-refractivity contribution in [2.24, 2.45) is 0 Å². The third kappa shape index (κ3) is 5.10. The molecule has 0 radical (unpaired) electrons. The number of hydrogen-bond donors (Lipinski definition) is 1. The first-order valence-corrected chi connectivity index (χ1v) is 9.70. The second-order valence-electron chi connectivity index (χ2n) is 6.72. The molecule has 0 aliphatic rings. The molecule has 1 aromatic heterocycles. The van der Waals surface area contributed by atoms with Crippen molar-refractivity contribution >= 4 is 5.91 Å². The minimum Gasteiger partial charge on any atom is -0.497 e. The number of ether oxygens (including phenoxy) is 1. The van der Waals surface area contributed by atoms with Gasteiger partial charge in [-0.3, -0.25) is 9.59 Å². The zero-order valence-corrected chi connectivity index (χ0v) is 16.7. The molecule has 0 aliphatic carbocycles. The van der Waals surface area contributed by atoms with E-state index >= 15 is 0 Å². The van der Waals surface area contributed by atoms with Crippen LogP contribution in [-0.2, 0) is 6.54 Å². The molecule has 0 aliphatic heterocycles. The number of carbonyl (C=O) groups excluding carboxylic acids is 1. The molecular weight excluding hydrogens is 366 g/mol. The number of hydrogen-bond acceptors (Lipinski definition) is 4. The van der Waals surface area contributed by atoms with Crippen LogP contribution in [0.25, 0.3) is 0 Å². The summed E-state index contributed by atoms with van der Waals surface area (Å²) in [5, 5.41) is 7.30. The summed E-state index contributed by atoms with van der Waals surface area (Å²) in [6, 6.07) is 19.8. The fraction of sp³-hybridized carbons (Fsp3) is 0.261. The van der Waals surface area contributed by atoms with E-state index in [0.29, 0.717) is 6.54 Å². The zero-order chi connectivity index (χ0) is 20.6. The monoisotopic (exact) mass is 391 g/mol. The van der Waals surface area contributed by atoms with E-state index in [1.165, 1.54) is 16.8 Å². The zero-order valence-electron chi connectivity index (χ0n) is 16.7. The van der Waals surface area contributed by atoms with Gasteiger partial charge in [0.1, 0.15) is 11.4 Å². The van der Waals surface area contributed by atoms with Crippen LogP contribution in [0.4, 0.5) is 0 Å². The van der Waals surface area contributed by atoms with Crippen LogP contribution in [0.1, 0.15) is 47.4 Å². The molecule has 0 fully saturated rings. The predicted molar refractivity (Wildman–Crippen MR) is 112 cm³/mol. The molecule has 0 bridgehead atoms. The standard InChI is InChI=1S/C23H25N3O3/c1-3-4-16-26-21(27)15-14-20(25-26)23(28)24-22(17-8-6-5-7-9-17)18-10-12-19(29-2)13-11-18/h5-15,22H,3-4,16H2,1-2H3,(H,24,28). The van der Waals surface area contributed by atoms with Gasteiger partial charge in [0.15, 0.2) is 0 Å². The first-order chi connectivity index (χ1) is 14.1. The highest BCUT2D eigenvalue weighted by Crippen LogP contribution is 2.24. The number of aryl methyl sites for hydroxylation is 1. The van der Waals surface area contributed by atoms with Gasteiger partial charge in [-0.2, -0.15) is 5.10 Å². The van der Waals surface area contributed by atoms with E-state index in [-0.39, 0.29) is 23.2 Å². The number of amides is 1. The summed E-state index contributed by atoms with van der Waals surface area (Å²) in [5.41, 5.74) is 1.88. The van der Waals surface area contributed by atoms with Crippen molar-refractivity contribution in [1.82, 2.24) is 15.1 Å². The van der Waals surface area contributed by atoms with Crippen LogP contribution in [-0.4, -0.2) is 22.8 Å². The van der Waals surface area contributed by atoms with Gasteiger partial charge < -0.3 is 10.1 Å². The molecule has 0 spiro atoms. The van der Waals surface area contributed by atoms with Gasteiger partial charge in [-0.25, -0.2) is 4.68 Å². The van der Waals surface area contributed by atoms with E-state index in [2.05, 4.69) is 10.4 Å². The highest BCUT2D eigenvalue weighted by Gasteiger charge is 2.19. The van der Waals surface area contributed by atoms with Gasteiger partial charge in [0.05, 0.1) is 13.2 Å². The molecular formula is C23H25N3O3. The lowest BCUT2D eigenvalue weighted by Gasteiger charge is -2.20. The average molecular weight is 391 g/mol. The smallest absolute Gasteiger partial charge is 0.272 e. The maximum atomic E-state index is 12.9. The molecule has 1 amide bonds. The van der Waals surface area contributed by atoms with Gasteiger partial charge in [-0.15, -0.1) is 0 Å². The van der Waals surface area contributed by atoms with Crippen molar-refractivity contribution in [2.75, 3.05) is 7.11 Å². The predicted octanol–water partition coefficient (Wildman–Crippen LogP) is 3.57. The lowest BCUT2D eigenvalue weighted by Crippen LogP contribution is -2.32. The second-order valence-corrected chi connectivity index (χ2v) is 6.72. The molecule has 0 saturated carbocycles. The Hall–Kier alpha value is -3.41. The highest BCUT2D eigenvalue weighted by molar-refractivity contribution is 5.92.